The molecule has 0 saturated heterocycles. The quantitative estimate of drug-likeness (QED) is 0.111. The molecular weight excluding hydrogens is 1430 g/mol. The van der Waals surface area contributed by atoms with Crippen LogP contribution in [-0.4, -0.2) is 39.9 Å². The van der Waals surface area contributed by atoms with E-state index >= 15 is 0 Å². The van der Waals surface area contributed by atoms with E-state index < -0.39 is 0 Å². The molecule has 12 heteroatoms. The topological polar surface area (TPSA) is 119 Å². The number of aromatic nitrogens is 12. The maximum atomic E-state index is 4.71. The highest BCUT2D eigenvalue weighted by Crippen LogP contribution is 2.39. The van der Waals surface area contributed by atoms with Gasteiger partial charge in [0.25, 0.3) is 0 Å². The molecule has 17 rings (SSSR count). The van der Waals surface area contributed by atoms with Crippen LogP contribution in [0.25, 0.3) is 133 Å². The second-order valence-electron chi connectivity index (χ2n) is 33.7. The van der Waals surface area contributed by atoms with E-state index in [1.807, 2.05) is 56.5 Å². The number of hydrogen-bond acceptors (Lipinski definition) is 8. The van der Waals surface area contributed by atoms with Crippen molar-refractivity contribution >= 4 is 43.1 Å². The molecule has 1 fully saturated rings. The van der Waals surface area contributed by atoms with Crippen molar-refractivity contribution in [3.8, 4) is 89.9 Å². The molecule has 12 nitrogen and oxygen atoms in total. The van der Waals surface area contributed by atoms with E-state index in [9.17, 15) is 0 Å². The van der Waals surface area contributed by atoms with Crippen LogP contribution >= 0.6 is 0 Å². The Kier molecular flexibility index (Phi) is 24.1. The molecule has 0 unspecified atom stereocenters. The van der Waals surface area contributed by atoms with Gasteiger partial charge in [0.2, 0.25) is 22.8 Å². The lowest BCUT2D eigenvalue weighted by Gasteiger charge is -2.12. The summed E-state index contributed by atoms with van der Waals surface area (Å²) in [4.78, 5) is 36.8. The number of pyridine rings is 4. The summed E-state index contributed by atoms with van der Waals surface area (Å²) >= 11 is 0. The van der Waals surface area contributed by atoms with Crippen LogP contribution < -0.4 is 18.3 Å². The third-order valence-electron chi connectivity index (χ3n) is 23.8. The summed E-state index contributed by atoms with van der Waals surface area (Å²) in [6.45, 7) is 36.9. The molecule has 8 aromatic heterocycles. The maximum Gasteiger partial charge on any atom is 0.220 e. The summed E-state index contributed by atoms with van der Waals surface area (Å²) in [6, 6.07) is 53.4. The van der Waals surface area contributed by atoms with Crippen LogP contribution in [0.4, 0.5) is 0 Å². The van der Waals surface area contributed by atoms with Gasteiger partial charge in [-0.1, -0.05) is 111 Å². The van der Waals surface area contributed by atoms with E-state index in [0.29, 0.717) is 17.8 Å². The second-order valence-corrected chi connectivity index (χ2v) is 33.7. The van der Waals surface area contributed by atoms with Gasteiger partial charge in [-0.15, -0.1) is 0 Å². The number of rotatable bonds is 12. The number of fused-ring (bicyclic) bond motifs is 4. The van der Waals surface area contributed by atoms with Crippen LogP contribution in [0, 0.1) is 95.9 Å². The van der Waals surface area contributed by atoms with Crippen molar-refractivity contribution in [2.75, 3.05) is 0 Å². The average molecular weight is 1540 g/mol. The van der Waals surface area contributed by atoms with Gasteiger partial charge in [0.05, 0.1) is 96.6 Å². The Balaban J connectivity index is 0.000000129. The Morgan fingerprint density at radius 3 is 0.966 bits per heavy atom. The van der Waals surface area contributed by atoms with E-state index in [1.54, 1.807) is 0 Å². The molecule has 0 spiro atoms. The van der Waals surface area contributed by atoms with E-state index in [1.165, 1.54) is 186 Å². The fourth-order valence-corrected chi connectivity index (χ4v) is 16.9. The minimum atomic E-state index is 0.386. The first-order chi connectivity index (χ1) is 56.1. The third kappa shape index (κ3) is 17.6. The van der Waals surface area contributed by atoms with Crippen LogP contribution in [0.1, 0.15) is 155 Å². The molecule has 1 aliphatic carbocycles. The van der Waals surface area contributed by atoms with Crippen LogP contribution in [0.15, 0.2) is 220 Å². The highest BCUT2D eigenvalue weighted by atomic mass is 14.9. The normalized spacial score (nSPS) is 12.2. The van der Waals surface area contributed by atoms with Gasteiger partial charge in [-0.05, 0) is 266 Å². The Morgan fingerprint density at radius 1 is 0.316 bits per heavy atom. The molecule has 8 aromatic carbocycles. The van der Waals surface area contributed by atoms with Gasteiger partial charge < -0.3 is 0 Å². The predicted octanol–water partition coefficient (Wildman–Crippen LogP) is 23.1. The Hall–Kier alpha value is -12.3. The number of hydrogen-bond donors (Lipinski definition) is 0. The first kappa shape index (κ1) is 81.3. The third-order valence-corrected chi connectivity index (χ3v) is 23.8. The van der Waals surface area contributed by atoms with Crippen molar-refractivity contribution in [2.24, 2.45) is 34.1 Å². The standard InChI is InChI=1S/C28H30N3.C27H30N3.C26H28N3.C24H24N3/c1-18-13-19(2)20(3)26(14-18)27-25-10-9-22(15-23(25)11-12-31(27)4)24-16-29-28(30-17-24)21-7-5-6-8-21;1-17(2)11-23-15-29-26(16-28-23)22-7-8-24-21(14-22)9-10-30(6)27(24)25-13-18(3)12-19(4)20(25)5;1-16(2)24-14-28-25(15-27-24)21-7-8-22-20(13-21)9-10-29(6)26(22)23-12-17(3)11-18(4)19(23)5;1-15-10-16(2)18(4)22(11-15)24-21-7-6-20(12-19(21)8-9-27(24)5)23-14-25-17(3)13-26-23/h9-17,21H,5-8H2,1-4H3;7-10,12-17H,11H2,1-6H3;7-16H,1-6H3;6-14H,1-5H3/q4*+1. The Bertz CT molecular complexity index is 6410. The van der Waals surface area contributed by atoms with Crippen LogP contribution in [-0.2, 0) is 34.6 Å². The van der Waals surface area contributed by atoms with E-state index in [-0.39, 0.29) is 0 Å². The highest BCUT2D eigenvalue weighted by molar-refractivity contribution is 6.00. The number of aryl methyl sites for hydroxylation is 13. The fraction of sp³-hybridized carbons (Fsp3) is 0.276. The molecule has 0 atom stereocenters. The van der Waals surface area contributed by atoms with Crippen molar-refractivity contribution < 1.29 is 18.3 Å². The van der Waals surface area contributed by atoms with E-state index in [4.69, 9.17) is 9.97 Å². The van der Waals surface area contributed by atoms with E-state index in [2.05, 4.69) is 358 Å². The molecule has 117 heavy (non-hydrogen) atoms. The molecule has 0 bridgehead atoms. The average Bonchev–Trinajstić information content (AvgIpc) is 1.13. The molecule has 0 N–H and O–H groups in total. The van der Waals surface area contributed by atoms with Gasteiger partial charge in [-0.25, -0.2) is 28.2 Å². The number of benzene rings is 8. The van der Waals surface area contributed by atoms with Crippen molar-refractivity contribution in [3.05, 3.63) is 310 Å². The molecule has 8 heterocycles. The molecule has 16 aromatic rings. The zero-order valence-electron chi connectivity index (χ0n) is 72.4. The van der Waals surface area contributed by atoms with E-state index in [0.717, 1.165) is 68.7 Å². The zero-order valence-corrected chi connectivity index (χ0v) is 72.4. The summed E-state index contributed by atoms with van der Waals surface area (Å²) < 4.78 is 8.90. The SMILES string of the molecule is Cc1cc(C)c(C)c(-c2c3ccc(-c4cnc(C(C)C)cn4)cc3cc[n+]2C)c1.Cc1cc(C)c(C)c(-c2c3ccc(-c4cnc(C)cn4)cc3cc[n+]2C)c1.Cc1cc(C)c(C)c(-c2c3ccc(-c4cnc(C5CCCC5)nc4)cc3cc[n+]2C)c1.Cc1cc(C)c(C)c(-c2c3ccc(-c4cnc(CC(C)C)cn4)cc3cc[n+]2C)c1. The fourth-order valence-electron chi connectivity index (χ4n) is 16.9. The lowest BCUT2D eigenvalue weighted by Crippen LogP contribution is -2.30. The second kappa shape index (κ2) is 34.6. The molecule has 1 aliphatic rings. The molecular formula is C105H112N12+4. The van der Waals surface area contributed by atoms with Gasteiger partial charge in [-0.3, -0.25) is 29.9 Å². The van der Waals surface area contributed by atoms with Crippen LogP contribution in [0.2, 0.25) is 0 Å². The Labute approximate surface area is 692 Å². The zero-order chi connectivity index (χ0) is 82.8. The van der Waals surface area contributed by atoms with Crippen molar-refractivity contribution in [2.45, 2.75) is 162 Å². The van der Waals surface area contributed by atoms with Gasteiger partial charge in [0.1, 0.15) is 34.0 Å². The molecule has 0 aliphatic heterocycles. The van der Waals surface area contributed by atoms with Crippen molar-refractivity contribution in [3.63, 3.8) is 0 Å². The first-order valence-corrected chi connectivity index (χ1v) is 41.4. The lowest BCUT2D eigenvalue weighted by molar-refractivity contribution is -0.659. The van der Waals surface area contributed by atoms with Gasteiger partial charge in [0.15, 0.2) is 24.8 Å². The summed E-state index contributed by atoms with van der Waals surface area (Å²) in [5.74, 6) is 2.53. The van der Waals surface area contributed by atoms with Crippen LogP contribution in [0.3, 0.4) is 0 Å². The molecule has 1 saturated carbocycles. The molecule has 0 amide bonds. The summed E-state index contributed by atoms with van der Waals surface area (Å²) in [6.07, 6.45) is 29.9. The summed E-state index contributed by atoms with van der Waals surface area (Å²) in [7, 11) is 8.50. The predicted molar refractivity (Wildman–Crippen MR) is 482 cm³/mol. The maximum absolute atomic E-state index is 4.71. The minimum absolute atomic E-state index is 0.386. The summed E-state index contributed by atoms with van der Waals surface area (Å²) in [5.41, 5.74) is 37.3. The largest absolute Gasteiger partial charge is 0.258 e. The first-order valence-electron chi connectivity index (χ1n) is 41.4. The lowest BCUT2D eigenvalue weighted by atomic mass is 9.93. The molecule has 588 valence electrons. The van der Waals surface area contributed by atoms with Gasteiger partial charge >= 0.3 is 0 Å². The van der Waals surface area contributed by atoms with Crippen molar-refractivity contribution in [1.29, 1.82) is 0 Å². The number of nitrogens with zero attached hydrogens (tertiary/aromatic N) is 12. The van der Waals surface area contributed by atoms with Gasteiger partial charge in [0, 0.05) is 83.4 Å². The molecule has 0 radical (unpaired) electrons. The van der Waals surface area contributed by atoms with Crippen LogP contribution in [0.5, 0.6) is 0 Å². The summed E-state index contributed by atoms with van der Waals surface area (Å²) in [5, 5.41) is 9.89. The van der Waals surface area contributed by atoms with Crippen molar-refractivity contribution in [1.82, 2.24) is 39.9 Å². The smallest absolute Gasteiger partial charge is 0.220 e. The van der Waals surface area contributed by atoms with Gasteiger partial charge in [-0.2, -0.15) is 0 Å². The highest BCUT2D eigenvalue weighted by Gasteiger charge is 2.26. The Morgan fingerprint density at radius 2 is 0.650 bits per heavy atom. The monoisotopic (exact) mass is 1540 g/mol. The minimum Gasteiger partial charge on any atom is -0.258 e.